The molecular weight excluding hydrogens is 292 g/mol. The molecule has 0 heterocycles. The van der Waals surface area contributed by atoms with Gasteiger partial charge in [-0.3, -0.25) is 10.1 Å². The fourth-order valence-corrected chi connectivity index (χ4v) is 1.98. The molecular formula is C15H11ClN2O3. The molecule has 0 aliphatic heterocycles. The molecule has 2 rings (SSSR count). The van der Waals surface area contributed by atoms with Crippen LogP contribution in [0.15, 0.2) is 36.4 Å². The number of nitro groups is 1. The van der Waals surface area contributed by atoms with Crippen LogP contribution < -0.4 is 4.74 Å². The fourth-order valence-electron chi connectivity index (χ4n) is 1.81. The Morgan fingerprint density at radius 3 is 2.67 bits per heavy atom. The number of rotatable bonds is 4. The van der Waals surface area contributed by atoms with Gasteiger partial charge in [-0.1, -0.05) is 12.1 Å². The lowest BCUT2D eigenvalue weighted by Gasteiger charge is -2.09. The number of hydrogen-bond acceptors (Lipinski definition) is 4. The normalized spacial score (nSPS) is 9.95. The highest BCUT2D eigenvalue weighted by Gasteiger charge is 2.17. The maximum Gasteiger partial charge on any atom is 0.311 e. The van der Waals surface area contributed by atoms with E-state index >= 15 is 0 Å². The SMILES string of the molecule is Cc1ccc([N+](=O)[O-])c(Oc2ccc(CCl)cc2C#N)c1. The first-order valence-corrected chi connectivity index (χ1v) is 6.60. The average molecular weight is 303 g/mol. The smallest absolute Gasteiger partial charge is 0.311 e. The van der Waals surface area contributed by atoms with Gasteiger partial charge in [0, 0.05) is 11.9 Å². The molecule has 0 aliphatic carbocycles. The van der Waals surface area contributed by atoms with E-state index in [0.717, 1.165) is 11.1 Å². The molecule has 0 saturated heterocycles. The summed E-state index contributed by atoms with van der Waals surface area (Å²) in [5, 5.41) is 20.2. The molecule has 0 bridgehead atoms. The van der Waals surface area contributed by atoms with Gasteiger partial charge in [0.05, 0.1) is 10.5 Å². The predicted octanol–water partition coefficient (Wildman–Crippen LogP) is 4.31. The topological polar surface area (TPSA) is 76.2 Å². The predicted molar refractivity (Wildman–Crippen MR) is 78.6 cm³/mol. The van der Waals surface area contributed by atoms with Crippen LogP contribution in [-0.2, 0) is 5.88 Å². The van der Waals surface area contributed by atoms with Crippen LogP contribution >= 0.6 is 11.6 Å². The second kappa shape index (κ2) is 6.25. The summed E-state index contributed by atoms with van der Waals surface area (Å²) in [6.07, 6.45) is 0. The van der Waals surface area contributed by atoms with Gasteiger partial charge in [-0.15, -0.1) is 11.6 Å². The van der Waals surface area contributed by atoms with Crippen LogP contribution in [0.5, 0.6) is 11.5 Å². The fraction of sp³-hybridized carbons (Fsp3) is 0.133. The van der Waals surface area contributed by atoms with Crippen LogP contribution in [0.25, 0.3) is 0 Å². The molecule has 0 saturated carbocycles. The molecule has 6 heteroatoms. The van der Waals surface area contributed by atoms with E-state index in [1.165, 1.54) is 6.07 Å². The first-order chi connectivity index (χ1) is 10.0. The molecule has 2 aromatic rings. The number of ether oxygens (including phenoxy) is 1. The van der Waals surface area contributed by atoms with Crippen molar-refractivity contribution in [1.29, 1.82) is 5.26 Å². The third-order valence-electron chi connectivity index (χ3n) is 2.85. The lowest BCUT2D eigenvalue weighted by atomic mass is 10.1. The van der Waals surface area contributed by atoms with Gasteiger partial charge in [-0.25, -0.2) is 0 Å². The van der Waals surface area contributed by atoms with E-state index in [4.69, 9.17) is 21.6 Å². The summed E-state index contributed by atoms with van der Waals surface area (Å²) >= 11 is 5.72. The maximum absolute atomic E-state index is 11.0. The molecule has 5 nitrogen and oxygen atoms in total. The summed E-state index contributed by atoms with van der Waals surface area (Å²) in [6.45, 7) is 1.80. The van der Waals surface area contributed by atoms with Crippen molar-refractivity contribution in [3.63, 3.8) is 0 Å². The molecule has 21 heavy (non-hydrogen) atoms. The zero-order valence-electron chi connectivity index (χ0n) is 11.2. The van der Waals surface area contributed by atoms with Gasteiger partial charge in [0.25, 0.3) is 0 Å². The zero-order valence-corrected chi connectivity index (χ0v) is 11.9. The Morgan fingerprint density at radius 2 is 2.05 bits per heavy atom. The van der Waals surface area contributed by atoms with Crippen molar-refractivity contribution in [3.8, 4) is 17.6 Å². The molecule has 2 aromatic carbocycles. The van der Waals surface area contributed by atoms with Crippen molar-refractivity contribution in [2.45, 2.75) is 12.8 Å². The first-order valence-electron chi connectivity index (χ1n) is 6.07. The van der Waals surface area contributed by atoms with Crippen LogP contribution in [0.2, 0.25) is 0 Å². The number of alkyl halides is 1. The summed E-state index contributed by atoms with van der Waals surface area (Å²) in [4.78, 5) is 10.5. The first kappa shape index (κ1) is 14.8. The van der Waals surface area contributed by atoms with Gasteiger partial charge in [0.15, 0.2) is 0 Å². The Labute approximate surface area is 126 Å². The van der Waals surface area contributed by atoms with Gasteiger partial charge < -0.3 is 4.74 Å². The van der Waals surface area contributed by atoms with Crippen LogP contribution in [0.3, 0.4) is 0 Å². The molecule has 0 fully saturated rings. The number of nitrogens with zero attached hydrogens (tertiary/aromatic N) is 2. The summed E-state index contributed by atoms with van der Waals surface area (Å²) in [5.74, 6) is 0.648. The largest absolute Gasteiger partial charge is 0.449 e. The minimum Gasteiger partial charge on any atom is -0.449 e. The lowest BCUT2D eigenvalue weighted by molar-refractivity contribution is -0.385. The molecule has 0 radical (unpaired) electrons. The Bertz CT molecular complexity index is 738. The molecule has 106 valence electrons. The standard InChI is InChI=1S/C15H11ClN2O3/c1-10-2-4-13(18(19)20)15(6-10)21-14-5-3-11(8-16)7-12(14)9-17/h2-7H,8H2,1H3. The number of nitro benzene ring substituents is 1. The van der Waals surface area contributed by atoms with Crippen molar-refractivity contribution < 1.29 is 9.66 Å². The number of benzene rings is 2. The van der Waals surface area contributed by atoms with Crippen LogP contribution in [0, 0.1) is 28.4 Å². The Balaban J connectivity index is 2.45. The second-order valence-corrected chi connectivity index (χ2v) is 4.67. The maximum atomic E-state index is 11.0. The summed E-state index contributed by atoms with van der Waals surface area (Å²) in [6, 6.07) is 11.5. The molecule has 0 aromatic heterocycles. The molecule has 0 aliphatic rings. The third-order valence-corrected chi connectivity index (χ3v) is 3.16. The Hall–Kier alpha value is -2.58. The van der Waals surface area contributed by atoms with Crippen molar-refractivity contribution in [1.82, 2.24) is 0 Å². The number of aryl methyl sites for hydroxylation is 1. The highest BCUT2D eigenvalue weighted by atomic mass is 35.5. The Kier molecular flexibility index (Phi) is 4.41. The van der Waals surface area contributed by atoms with Crippen molar-refractivity contribution >= 4 is 17.3 Å². The van der Waals surface area contributed by atoms with E-state index in [-0.39, 0.29) is 28.6 Å². The van der Waals surface area contributed by atoms with E-state index in [9.17, 15) is 10.1 Å². The molecule has 0 atom stereocenters. The minimum absolute atomic E-state index is 0.107. The van der Waals surface area contributed by atoms with Crippen LogP contribution in [-0.4, -0.2) is 4.92 Å². The number of nitriles is 1. The molecule has 0 unspecified atom stereocenters. The van der Waals surface area contributed by atoms with E-state index in [1.807, 2.05) is 6.07 Å². The van der Waals surface area contributed by atoms with Gasteiger partial charge in [-0.2, -0.15) is 5.26 Å². The van der Waals surface area contributed by atoms with E-state index in [0.29, 0.717) is 0 Å². The summed E-state index contributed by atoms with van der Waals surface area (Å²) in [7, 11) is 0. The highest BCUT2D eigenvalue weighted by molar-refractivity contribution is 6.17. The third kappa shape index (κ3) is 3.30. The van der Waals surface area contributed by atoms with Crippen molar-refractivity contribution in [3.05, 3.63) is 63.2 Å². The van der Waals surface area contributed by atoms with E-state index in [1.54, 1.807) is 37.3 Å². The average Bonchev–Trinajstić information content (AvgIpc) is 2.47. The van der Waals surface area contributed by atoms with E-state index < -0.39 is 4.92 Å². The Morgan fingerprint density at radius 1 is 1.29 bits per heavy atom. The highest BCUT2D eigenvalue weighted by Crippen LogP contribution is 2.34. The zero-order chi connectivity index (χ0) is 15.4. The second-order valence-electron chi connectivity index (χ2n) is 4.41. The van der Waals surface area contributed by atoms with Crippen molar-refractivity contribution in [2.75, 3.05) is 0 Å². The number of halogens is 1. The molecule has 0 N–H and O–H groups in total. The van der Waals surface area contributed by atoms with Crippen LogP contribution in [0.4, 0.5) is 5.69 Å². The van der Waals surface area contributed by atoms with Crippen LogP contribution in [0.1, 0.15) is 16.7 Å². The van der Waals surface area contributed by atoms with Gasteiger partial charge >= 0.3 is 5.69 Å². The summed E-state index contributed by atoms with van der Waals surface area (Å²) < 4.78 is 5.57. The molecule has 0 spiro atoms. The lowest BCUT2D eigenvalue weighted by Crippen LogP contribution is -1.96. The van der Waals surface area contributed by atoms with Gasteiger partial charge in [-0.05, 0) is 36.2 Å². The molecule has 0 amide bonds. The minimum atomic E-state index is -0.520. The summed E-state index contributed by atoms with van der Waals surface area (Å²) in [5.41, 5.74) is 1.74. The van der Waals surface area contributed by atoms with Crippen molar-refractivity contribution in [2.24, 2.45) is 0 Å². The quantitative estimate of drug-likeness (QED) is 0.479. The van der Waals surface area contributed by atoms with Gasteiger partial charge in [0.2, 0.25) is 5.75 Å². The monoisotopic (exact) mass is 302 g/mol. The van der Waals surface area contributed by atoms with E-state index in [2.05, 4.69) is 0 Å². The van der Waals surface area contributed by atoms with Gasteiger partial charge in [0.1, 0.15) is 11.8 Å². The number of hydrogen-bond donors (Lipinski definition) is 0.